The summed E-state index contributed by atoms with van der Waals surface area (Å²) in [5, 5.41) is 3.49. The number of hydrogen-bond acceptors (Lipinski definition) is 4. The van der Waals surface area contributed by atoms with Crippen LogP contribution in [0.15, 0.2) is 78.9 Å². The van der Waals surface area contributed by atoms with Crippen LogP contribution in [-0.2, 0) is 13.0 Å². The molecule has 0 radical (unpaired) electrons. The maximum Gasteiger partial charge on any atom is 0.253 e. The van der Waals surface area contributed by atoms with Gasteiger partial charge in [0.25, 0.3) is 5.91 Å². The van der Waals surface area contributed by atoms with Crippen LogP contribution in [0.2, 0.25) is 0 Å². The fourth-order valence-electron chi connectivity index (χ4n) is 4.29. The van der Waals surface area contributed by atoms with Crippen molar-refractivity contribution in [3.05, 3.63) is 107 Å². The van der Waals surface area contributed by atoms with Crippen LogP contribution in [0, 0.1) is 0 Å². The Balaban J connectivity index is 1.53. The highest BCUT2D eigenvalue weighted by atomic mass is 16.5. The van der Waals surface area contributed by atoms with Crippen molar-refractivity contribution in [1.29, 1.82) is 0 Å². The van der Waals surface area contributed by atoms with E-state index in [2.05, 4.69) is 25.2 Å². The molecule has 0 saturated heterocycles. The Morgan fingerprint density at radius 3 is 2.35 bits per heavy atom. The highest BCUT2D eigenvalue weighted by molar-refractivity contribution is 6.09. The molecule has 3 aromatic rings. The Morgan fingerprint density at radius 2 is 1.68 bits per heavy atom. The predicted molar refractivity (Wildman–Crippen MR) is 135 cm³/mol. The zero-order valence-corrected chi connectivity index (χ0v) is 20.1. The van der Waals surface area contributed by atoms with Crippen molar-refractivity contribution in [3.63, 3.8) is 0 Å². The molecule has 1 heterocycles. The summed E-state index contributed by atoms with van der Waals surface area (Å²) in [6, 6.07) is 22.7. The van der Waals surface area contributed by atoms with Crippen molar-refractivity contribution >= 4 is 17.4 Å². The number of methoxy groups -OCH3 is 1. The van der Waals surface area contributed by atoms with Crippen molar-refractivity contribution < 1.29 is 14.3 Å². The number of amides is 1. The lowest BCUT2D eigenvalue weighted by molar-refractivity contribution is 0.0784. The van der Waals surface area contributed by atoms with Gasteiger partial charge in [-0.05, 0) is 55.7 Å². The summed E-state index contributed by atoms with van der Waals surface area (Å²) < 4.78 is 5.39. The van der Waals surface area contributed by atoms with Crippen molar-refractivity contribution in [2.75, 3.05) is 14.2 Å². The number of fused-ring (bicyclic) bond motifs is 1. The number of carbonyl (C=O) groups is 2. The van der Waals surface area contributed by atoms with Gasteiger partial charge in [0, 0.05) is 47.6 Å². The zero-order chi connectivity index (χ0) is 24.3. The smallest absolute Gasteiger partial charge is 0.253 e. The Morgan fingerprint density at radius 1 is 1.00 bits per heavy atom. The van der Waals surface area contributed by atoms with Gasteiger partial charge in [0.15, 0.2) is 5.78 Å². The van der Waals surface area contributed by atoms with E-state index in [1.54, 1.807) is 49.4 Å². The molecule has 5 heteroatoms. The lowest BCUT2D eigenvalue weighted by Gasteiger charge is -2.35. The highest BCUT2D eigenvalue weighted by Crippen LogP contribution is 2.32. The first-order chi connectivity index (χ1) is 16.3. The molecule has 3 aromatic carbocycles. The number of allylic oxidation sites excluding steroid dienone is 1. The van der Waals surface area contributed by atoms with Gasteiger partial charge in [0.1, 0.15) is 5.75 Å². The number of benzene rings is 3. The number of ether oxygens (including phenoxy) is 1. The quantitative estimate of drug-likeness (QED) is 0.415. The first-order valence-electron chi connectivity index (χ1n) is 11.4. The fourth-order valence-corrected chi connectivity index (χ4v) is 4.29. The molecule has 0 spiro atoms. The third kappa shape index (κ3) is 5.20. The van der Waals surface area contributed by atoms with Gasteiger partial charge in [-0.3, -0.25) is 9.59 Å². The van der Waals surface area contributed by atoms with Crippen molar-refractivity contribution in [2.45, 2.75) is 32.4 Å². The van der Waals surface area contributed by atoms with E-state index < -0.39 is 0 Å². The van der Waals surface area contributed by atoms with E-state index in [9.17, 15) is 9.59 Å². The van der Waals surface area contributed by atoms with Crippen molar-refractivity contribution in [2.24, 2.45) is 0 Å². The van der Waals surface area contributed by atoms with Crippen LogP contribution in [0.3, 0.4) is 0 Å². The number of hydrogen-bond donors (Lipinski definition) is 1. The standard InChI is InChI=1S/C29H30N2O3/c1-29(2)18-23-14-15-24(34-4)16-25(23)26(30-29)17-27(32)21-10-12-22(13-11-21)28(33)31(3)19-20-8-6-5-7-9-20/h5-17,30H,18-19H2,1-4H3/b26-17-. The monoisotopic (exact) mass is 454 g/mol. The summed E-state index contributed by atoms with van der Waals surface area (Å²) in [6.07, 6.45) is 2.49. The molecule has 0 aliphatic carbocycles. The normalized spacial score (nSPS) is 15.2. The molecule has 0 bridgehead atoms. The molecule has 1 aliphatic heterocycles. The van der Waals surface area contributed by atoms with E-state index in [0.717, 1.165) is 29.0 Å². The molecular formula is C29H30N2O3. The molecule has 0 atom stereocenters. The molecule has 1 aliphatic rings. The third-order valence-electron chi connectivity index (χ3n) is 6.01. The second-order valence-electron chi connectivity index (χ2n) is 9.36. The third-order valence-corrected chi connectivity index (χ3v) is 6.01. The molecule has 5 nitrogen and oxygen atoms in total. The molecular weight excluding hydrogens is 424 g/mol. The lowest BCUT2D eigenvalue weighted by atomic mass is 9.85. The average Bonchev–Trinajstić information content (AvgIpc) is 2.83. The number of nitrogens with zero attached hydrogens (tertiary/aromatic N) is 1. The molecule has 34 heavy (non-hydrogen) atoms. The van der Waals surface area contributed by atoms with Crippen LogP contribution in [0.1, 0.15) is 51.3 Å². The van der Waals surface area contributed by atoms with Crippen LogP contribution in [0.5, 0.6) is 5.75 Å². The fraction of sp³-hybridized carbons (Fsp3) is 0.241. The van der Waals surface area contributed by atoms with Gasteiger partial charge in [-0.25, -0.2) is 0 Å². The largest absolute Gasteiger partial charge is 0.497 e. The molecule has 0 fully saturated rings. The van der Waals surface area contributed by atoms with E-state index in [-0.39, 0.29) is 17.2 Å². The first-order valence-corrected chi connectivity index (χ1v) is 11.4. The molecule has 1 amide bonds. The second-order valence-corrected chi connectivity index (χ2v) is 9.36. The van der Waals surface area contributed by atoms with Gasteiger partial charge in [-0.1, -0.05) is 48.5 Å². The van der Waals surface area contributed by atoms with Crippen LogP contribution in [0.4, 0.5) is 0 Å². The van der Waals surface area contributed by atoms with Gasteiger partial charge in [0.2, 0.25) is 0 Å². The molecule has 0 saturated carbocycles. The molecule has 174 valence electrons. The van der Waals surface area contributed by atoms with E-state index in [1.807, 2.05) is 42.5 Å². The number of rotatable bonds is 6. The molecule has 1 N–H and O–H groups in total. The summed E-state index contributed by atoms with van der Waals surface area (Å²) in [7, 11) is 3.41. The molecule has 0 unspecified atom stereocenters. The zero-order valence-electron chi connectivity index (χ0n) is 20.1. The summed E-state index contributed by atoms with van der Waals surface area (Å²) in [4.78, 5) is 27.6. The maximum atomic E-state index is 13.1. The summed E-state index contributed by atoms with van der Waals surface area (Å²) in [5.74, 6) is 0.546. The van der Waals surface area contributed by atoms with Crippen molar-refractivity contribution in [3.8, 4) is 5.75 Å². The van der Waals surface area contributed by atoms with E-state index in [1.165, 1.54) is 5.56 Å². The van der Waals surface area contributed by atoms with Crippen LogP contribution >= 0.6 is 0 Å². The minimum atomic E-state index is -0.173. The second kappa shape index (κ2) is 9.56. The Hall–Kier alpha value is -3.86. The van der Waals surface area contributed by atoms with Gasteiger partial charge < -0.3 is 15.0 Å². The van der Waals surface area contributed by atoms with Gasteiger partial charge in [-0.15, -0.1) is 0 Å². The number of ketones is 1. The molecule has 4 rings (SSSR count). The summed E-state index contributed by atoms with van der Waals surface area (Å²) in [5.41, 5.74) is 4.90. The predicted octanol–water partition coefficient (Wildman–Crippen LogP) is 5.12. The van der Waals surface area contributed by atoms with E-state index in [4.69, 9.17) is 4.74 Å². The van der Waals surface area contributed by atoms with Gasteiger partial charge in [-0.2, -0.15) is 0 Å². The minimum absolute atomic E-state index is 0.0853. The number of nitrogens with one attached hydrogen (secondary N) is 1. The first kappa shape index (κ1) is 23.3. The van der Waals surface area contributed by atoms with E-state index >= 15 is 0 Å². The summed E-state index contributed by atoms with van der Waals surface area (Å²) in [6.45, 7) is 4.76. The van der Waals surface area contributed by atoms with Crippen LogP contribution in [0.25, 0.3) is 5.70 Å². The Kier molecular flexibility index (Phi) is 6.55. The lowest BCUT2D eigenvalue weighted by Crippen LogP contribution is -2.43. The Bertz CT molecular complexity index is 1230. The number of carbonyl (C=O) groups excluding carboxylic acids is 2. The van der Waals surface area contributed by atoms with Crippen LogP contribution in [-0.4, -0.2) is 36.3 Å². The topological polar surface area (TPSA) is 58.6 Å². The van der Waals surface area contributed by atoms with Gasteiger partial charge in [0.05, 0.1) is 7.11 Å². The van der Waals surface area contributed by atoms with E-state index in [0.29, 0.717) is 17.7 Å². The average molecular weight is 455 g/mol. The molecule has 0 aromatic heterocycles. The highest BCUT2D eigenvalue weighted by Gasteiger charge is 2.28. The maximum absolute atomic E-state index is 13.1. The SMILES string of the molecule is COc1ccc2c(c1)/C(=C/C(=O)c1ccc(C(=O)N(C)Cc3ccccc3)cc1)NC(C)(C)C2. The van der Waals surface area contributed by atoms with Gasteiger partial charge >= 0.3 is 0 Å². The Labute approximate surface area is 201 Å². The minimum Gasteiger partial charge on any atom is -0.497 e. The summed E-state index contributed by atoms with van der Waals surface area (Å²) >= 11 is 0. The van der Waals surface area contributed by atoms with Crippen LogP contribution < -0.4 is 10.1 Å². The van der Waals surface area contributed by atoms with Crippen molar-refractivity contribution in [1.82, 2.24) is 10.2 Å².